The molecule has 0 bridgehead atoms. The maximum absolute atomic E-state index is 5.25. The first-order chi connectivity index (χ1) is 15.7. The molecule has 0 atom stereocenters. The molecule has 1 aliphatic heterocycles. The quantitative estimate of drug-likeness (QED) is 0.393. The van der Waals surface area contributed by atoms with Gasteiger partial charge in [-0.2, -0.15) is 5.10 Å². The van der Waals surface area contributed by atoms with Crippen molar-refractivity contribution in [2.75, 3.05) is 11.9 Å². The van der Waals surface area contributed by atoms with E-state index >= 15 is 0 Å². The van der Waals surface area contributed by atoms with E-state index in [4.69, 9.17) is 5.10 Å². The molecule has 0 spiro atoms. The van der Waals surface area contributed by atoms with Crippen molar-refractivity contribution in [3.63, 3.8) is 0 Å². The molecule has 0 radical (unpaired) electrons. The van der Waals surface area contributed by atoms with Gasteiger partial charge in [-0.15, -0.1) is 0 Å². The fraction of sp³-hybridized carbons (Fsp3) is 0.276. The standard InChI is InChI=1S/C29H31N3/c1-21-12-11-18-28(22(21)2)32-29-25(17-9-10-19-30-29)27(31-32)20-26(23-13-5-3-6-14-23)24-15-7-4-8-16-24/h3-8,11-16,18,26,30H,9-10,17,19-20H2,1-2H3. The molecule has 0 aliphatic carbocycles. The first-order valence-corrected chi connectivity index (χ1v) is 11.7. The second-order valence-corrected chi connectivity index (χ2v) is 8.87. The summed E-state index contributed by atoms with van der Waals surface area (Å²) in [5.74, 6) is 1.47. The number of nitrogens with zero attached hydrogens (tertiary/aromatic N) is 2. The molecule has 2 heterocycles. The number of anilines is 1. The zero-order valence-corrected chi connectivity index (χ0v) is 19.0. The van der Waals surface area contributed by atoms with Gasteiger partial charge in [0.15, 0.2) is 0 Å². The highest BCUT2D eigenvalue weighted by Gasteiger charge is 2.25. The summed E-state index contributed by atoms with van der Waals surface area (Å²) in [7, 11) is 0. The minimum atomic E-state index is 0.284. The van der Waals surface area contributed by atoms with Crippen molar-refractivity contribution < 1.29 is 0 Å². The third kappa shape index (κ3) is 3.95. The average Bonchev–Trinajstić information content (AvgIpc) is 2.99. The molecular weight excluding hydrogens is 390 g/mol. The van der Waals surface area contributed by atoms with Gasteiger partial charge in [0, 0.05) is 24.4 Å². The fourth-order valence-electron chi connectivity index (χ4n) is 4.87. The van der Waals surface area contributed by atoms with Crippen molar-refractivity contribution in [2.45, 2.75) is 45.4 Å². The molecule has 0 unspecified atom stereocenters. The Hall–Kier alpha value is -3.33. The second kappa shape index (κ2) is 9.04. The minimum absolute atomic E-state index is 0.284. The lowest BCUT2D eigenvalue weighted by atomic mass is 9.86. The summed E-state index contributed by atoms with van der Waals surface area (Å²) in [6, 6.07) is 28.2. The molecule has 3 heteroatoms. The van der Waals surface area contributed by atoms with Crippen LogP contribution in [0.2, 0.25) is 0 Å². The third-order valence-corrected chi connectivity index (χ3v) is 6.82. The summed E-state index contributed by atoms with van der Waals surface area (Å²) in [6.45, 7) is 5.38. The van der Waals surface area contributed by atoms with Crippen molar-refractivity contribution in [3.05, 3.63) is 112 Å². The Bertz CT molecular complexity index is 1150. The number of aryl methyl sites for hydroxylation is 1. The number of hydrogen-bond acceptors (Lipinski definition) is 2. The van der Waals surface area contributed by atoms with Crippen LogP contribution in [0.5, 0.6) is 0 Å². The number of nitrogens with one attached hydrogen (secondary N) is 1. The Labute approximate surface area is 191 Å². The molecule has 162 valence electrons. The van der Waals surface area contributed by atoms with Gasteiger partial charge in [-0.3, -0.25) is 0 Å². The molecule has 5 rings (SSSR count). The molecular formula is C29H31N3. The number of aromatic nitrogens is 2. The molecule has 0 fully saturated rings. The van der Waals surface area contributed by atoms with Crippen LogP contribution in [0.3, 0.4) is 0 Å². The lowest BCUT2D eigenvalue weighted by Gasteiger charge is -2.18. The topological polar surface area (TPSA) is 29.9 Å². The van der Waals surface area contributed by atoms with Crippen LogP contribution in [0.4, 0.5) is 5.82 Å². The number of rotatable bonds is 5. The monoisotopic (exact) mass is 421 g/mol. The highest BCUT2D eigenvalue weighted by Crippen LogP contribution is 2.35. The van der Waals surface area contributed by atoms with E-state index in [0.717, 1.165) is 19.4 Å². The molecule has 32 heavy (non-hydrogen) atoms. The van der Waals surface area contributed by atoms with Gasteiger partial charge in [0.25, 0.3) is 0 Å². The summed E-state index contributed by atoms with van der Waals surface area (Å²) in [5, 5.41) is 8.96. The summed E-state index contributed by atoms with van der Waals surface area (Å²) in [5.41, 5.74) is 9.06. The molecule has 0 saturated carbocycles. The van der Waals surface area contributed by atoms with Crippen LogP contribution >= 0.6 is 0 Å². The number of benzene rings is 3. The van der Waals surface area contributed by atoms with Crippen molar-refractivity contribution in [2.24, 2.45) is 0 Å². The molecule has 1 aromatic heterocycles. The van der Waals surface area contributed by atoms with Gasteiger partial charge in [0.1, 0.15) is 5.82 Å². The van der Waals surface area contributed by atoms with E-state index in [1.165, 1.54) is 57.9 Å². The van der Waals surface area contributed by atoms with E-state index in [1.54, 1.807) is 0 Å². The van der Waals surface area contributed by atoms with Gasteiger partial charge < -0.3 is 5.32 Å². The zero-order chi connectivity index (χ0) is 21.9. The Kier molecular flexibility index (Phi) is 5.81. The minimum Gasteiger partial charge on any atom is -0.370 e. The third-order valence-electron chi connectivity index (χ3n) is 6.82. The Morgan fingerprint density at radius 1 is 0.844 bits per heavy atom. The Morgan fingerprint density at radius 3 is 2.22 bits per heavy atom. The largest absolute Gasteiger partial charge is 0.370 e. The molecule has 1 aliphatic rings. The zero-order valence-electron chi connectivity index (χ0n) is 19.0. The van der Waals surface area contributed by atoms with E-state index in [9.17, 15) is 0 Å². The maximum atomic E-state index is 5.25. The van der Waals surface area contributed by atoms with E-state index in [0.29, 0.717) is 0 Å². The van der Waals surface area contributed by atoms with Gasteiger partial charge in [-0.1, -0.05) is 72.8 Å². The van der Waals surface area contributed by atoms with Crippen LogP contribution in [0, 0.1) is 13.8 Å². The van der Waals surface area contributed by atoms with Gasteiger partial charge in [0.05, 0.1) is 11.4 Å². The van der Waals surface area contributed by atoms with E-state index in [1.807, 2.05) is 0 Å². The second-order valence-electron chi connectivity index (χ2n) is 8.87. The predicted molar refractivity (Wildman–Crippen MR) is 133 cm³/mol. The average molecular weight is 422 g/mol. The normalized spacial score (nSPS) is 13.5. The molecule has 4 aromatic rings. The van der Waals surface area contributed by atoms with Gasteiger partial charge in [-0.25, -0.2) is 4.68 Å². The fourth-order valence-corrected chi connectivity index (χ4v) is 4.87. The first-order valence-electron chi connectivity index (χ1n) is 11.7. The van der Waals surface area contributed by atoms with Crippen LogP contribution < -0.4 is 5.32 Å². The first kappa shape index (κ1) is 20.6. The van der Waals surface area contributed by atoms with Crippen molar-refractivity contribution in [1.29, 1.82) is 0 Å². The van der Waals surface area contributed by atoms with Crippen LogP contribution in [0.1, 0.15) is 52.3 Å². The van der Waals surface area contributed by atoms with Gasteiger partial charge in [-0.05, 0) is 61.4 Å². The summed E-state index contributed by atoms with van der Waals surface area (Å²) in [4.78, 5) is 0. The van der Waals surface area contributed by atoms with Crippen LogP contribution in [-0.2, 0) is 12.8 Å². The van der Waals surface area contributed by atoms with Gasteiger partial charge in [0.2, 0.25) is 0 Å². The van der Waals surface area contributed by atoms with Crippen LogP contribution in [0.15, 0.2) is 78.9 Å². The summed E-state index contributed by atoms with van der Waals surface area (Å²) < 4.78 is 2.17. The lowest BCUT2D eigenvalue weighted by molar-refractivity contribution is 0.726. The molecule has 0 saturated heterocycles. The van der Waals surface area contributed by atoms with Crippen LogP contribution in [-0.4, -0.2) is 16.3 Å². The van der Waals surface area contributed by atoms with E-state index < -0.39 is 0 Å². The van der Waals surface area contributed by atoms with Crippen molar-refractivity contribution in [1.82, 2.24) is 9.78 Å². The number of hydrogen-bond donors (Lipinski definition) is 1. The smallest absolute Gasteiger partial charge is 0.133 e. The number of fused-ring (bicyclic) bond motifs is 1. The van der Waals surface area contributed by atoms with Crippen molar-refractivity contribution in [3.8, 4) is 5.69 Å². The maximum Gasteiger partial charge on any atom is 0.133 e. The summed E-state index contributed by atoms with van der Waals surface area (Å²) in [6.07, 6.45) is 4.38. The highest BCUT2D eigenvalue weighted by molar-refractivity contribution is 5.57. The summed E-state index contributed by atoms with van der Waals surface area (Å²) >= 11 is 0. The lowest BCUT2D eigenvalue weighted by Crippen LogP contribution is -2.09. The van der Waals surface area contributed by atoms with Crippen molar-refractivity contribution >= 4 is 5.82 Å². The van der Waals surface area contributed by atoms with E-state index in [-0.39, 0.29) is 5.92 Å². The van der Waals surface area contributed by atoms with Gasteiger partial charge >= 0.3 is 0 Å². The molecule has 1 N–H and O–H groups in total. The SMILES string of the molecule is Cc1cccc(-n2nc(CC(c3ccccc3)c3ccccc3)c3c2NCCCC3)c1C. The highest BCUT2D eigenvalue weighted by atomic mass is 15.3. The predicted octanol–water partition coefficient (Wildman–Crippen LogP) is 6.61. The Morgan fingerprint density at radius 2 is 1.53 bits per heavy atom. The molecule has 0 amide bonds. The van der Waals surface area contributed by atoms with E-state index in [2.05, 4.69) is 103 Å². The molecule has 3 nitrogen and oxygen atoms in total. The Balaban J connectivity index is 1.62. The molecule has 3 aromatic carbocycles. The van der Waals surface area contributed by atoms with Crippen LogP contribution in [0.25, 0.3) is 5.69 Å².